The average molecular weight is 389 g/mol. The summed E-state index contributed by atoms with van der Waals surface area (Å²) in [4.78, 5) is 35.2. The van der Waals surface area contributed by atoms with Crippen molar-refractivity contribution in [2.75, 3.05) is 39.9 Å². The molecule has 0 aliphatic heterocycles. The van der Waals surface area contributed by atoms with Crippen molar-refractivity contribution in [3.8, 4) is 0 Å². The molecule has 0 aromatic heterocycles. The Kier molecular flexibility index (Phi) is 16.1. The van der Waals surface area contributed by atoms with Crippen molar-refractivity contribution >= 4 is 18.1 Å². The van der Waals surface area contributed by atoms with Crippen molar-refractivity contribution in [2.45, 2.75) is 58.4 Å². The largest absolute Gasteiger partial charge is 0.450 e. The van der Waals surface area contributed by atoms with Gasteiger partial charge in [-0.25, -0.2) is 9.59 Å². The molecule has 158 valence electrons. The third-order valence-corrected chi connectivity index (χ3v) is 3.75. The van der Waals surface area contributed by atoms with Crippen LogP contribution in [-0.2, 0) is 14.3 Å². The Labute approximate surface area is 162 Å². The normalized spacial score (nSPS) is 11.4. The molecule has 0 aliphatic rings. The topological polar surface area (TPSA) is 118 Å². The summed E-state index contributed by atoms with van der Waals surface area (Å²) in [6.45, 7) is 6.01. The standard InChI is InChI=1S/C18H36N4O5/c1-4-26-17(24)21-14-10-7-11-15(22-18(25)27-5-2)16(23)20-13-9-6-8-12-19-3/h15,19H,4-14H2,1-3H3,(H,20,23)(H,21,24)(H,22,25). The molecule has 0 saturated carbocycles. The lowest BCUT2D eigenvalue weighted by Crippen LogP contribution is -2.47. The van der Waals surface area contributed by atoms with E-state index in [1.807, 2.05) is 7.05 Å². The molecule has 0 spiro atoms. The maximum Gasteiger partial charge on any atom is 0.407 e. The molecule has 0 aromatic carbocycles. The molecular formula is C18H36N4O5. The summed E-state index contributed by atoms with van der Waals surface area (Å²) in [5.74, 6) is -0.213. The minimum atomic E-state index is -0.649. The van der Waals surface area contributed by atoms with Gasteiger partial charge in [0.15, 0.2) is 0 Å². The van der Waals surface area contributed by atoms with E-state index in [1.54, 1.807) is 13.8 Å². The van der Waals surface area contributed by atoms with Crippen LogP contribution >= 0.6 is 0 Å². The predicted octanol–water partition coefficient (Wildman–Crippen LogP) is 1.52. The summed E-state index contributed by atoms with van der Waals surface area (Å²) < 4.78 is 9.64. The molecular weight excluding hydrogens is 352 g/mol. The zero-order valence-corrected chi connectivity index (χ0v) is 16.9. The molecule has 3 amide bonds. The molecule has 0 saturated heterocycles. The molecule has 9 nitrogen and oxygen atoms in total. The highest BCUT2D eigenvalue weighted by Gasteiger charge is 2.20. The lowest BCUT2D eigenvalue weighted by molar-refractivity contribution is -0.123. The minimum absolute atomic E-state index is 0.213. The van der Waals surface area contributed by atoms with Crippen LogP contribution in [0.1, 0.15) is 52.4 Å². The monoisotopic (exact) mass is 388 g/mol. The van der Waals surface area contributed by atoms with Crippen LogP contribution in [0.15, 0.2) is 0 Å². The fraction of sp³-hybridized carbons (Fsp3) is 0.833. The summed E-state index contributed by atoms with van der Waals surface area (Å²) >= 11 is 0. The first-order valence-electron chi connectivity index (χ1n) is 9.81. The van der Waals surface area contributed by atoms with Crippen LogP contribution in [0.2, 0.25) is 0 Å². The van der Waals surface area contributed by atoms with Gasteiger partial charge in [-0.1, -0.05) is 6.42 Å². The summed E-state index contributed by atoms with van der Waals surface area (Å²) in [6.07, 6.45) is 3.74. The highest BCUT2D eigenvalue weighted by molar-refractivity contribution is 5.85. The van der Waals surface area contributed by atoms with Gasteiger partial charge in [-0.05, 0) is 59.5 Å². The lowest BCUT2D eigenvalue weighted by Gasteiger charge is -2.18. The van der Waals surface area contributed by atoms with Gasteiger partial charge >= 0.3 is 12.2 Å². The van der Waals surface area contributed by atoms with E-state index in [-0.39, 0.29) is 12.5 Å². The Hall–Kier alpha value is -2.03. The van der Waals surface area contributed by atoms with Crippen molar-refractivity contribution in [1.29, 1.82) is 0 Å². The number of alkyl carbamates (subject to hydrolysis) is 2. The molecule has 0 rings (SSSR count). The van der Waals surface area contributed by atoms with Crippen LogP contribution in [-0.4, -0.2) is 64.0 Å². The molecule has 0 heterocycles. The summed E-state index contributed by atoms with van der Waals surface area (Å²) in [5, 5.41) is 11.2. The number of amides is 3. The third-order valence-electron chi connectivity index (χ3n) is 3.75. The van der Waals surface area contributed by atoms with E-state index in [1.165, 1.54) is 0 Å². The highest BCUT2D eigenvalue weighted by Crippen LogP contribution is 2.03. The fourth-order valence-corrected chi connectivity index (χ4v) is 2.37. The number of carbonyl (C=O) groups is 3. The number of hydrogen-bond acceptors (Lipinski definition) is 6. The fourth-order valence-electron chi connectivity index (χ4n) is 2.37. The van der Waals surface area contributed by atoms with E-state index in [4.69, 9.17) is 9.47 Å². The van der Waals surface area contributed by atoms with Crippen LogP contribution in [0.4, 0.5) is 9.59 Å². The highest BCUT2D eigenvalue weighted by atomic mass is 16.6. The quantitative estimate of drug-likeness (QED) is 0.316. The maximum absolute atomic E-state index is 12.3. The van der Waals surface area contributed by atoms with E-state index in [2.05, 4.69) is 21.3 Å². The predicted molar refractivity (Wildman–Crippen MR) is 104 cm³/mol. The van der Waals surface area contributed by atoms with Gasteiger partial charge in [0.1, 0.15) is 6.04 Å². The summed E-state index contributed by atoms with van der Waals surface area (Å²) in [6, 6.07) is -0.649. The molecule has 0 bridgehead atoms. The Morgan fingerprint density at radius 2 is 1.37 bits per heavy atom. The maximum atomic E-state index is 12.3. The molecule has 27 heavy (non-hydrogen) atoms. The molecule has 1 unspecified atom stereocenters. The van der Waals surface area contributed by atoms with Gasteiger partial charge in [0.25, 0.3) is 0 Å². The van der Waals surface area contributed by atoms with Crippen molar-refractivity contribution in [2.24, 2.45) is 0 Å². The van der Waals surface area contributed by atoms with Crippen molar-refractivity contribution in [1.82, 2.24) is 21.3 Å². The average Bonchev–Trinajstić information content (AvgIpc) is 2.63. The van der Waals surface area contributed by atoms with Crippen LogP contribution in [0, 0.1) is 0 Å². The Morgan fingerprint density at radius 3 is 2.04 bits per heavy atom. The Balaban J connectivity index is 4.20. The van der Waals surface area contributed by atoms with E-state index >= 15 is 0 Å². The molecule has 4 N–H and O–H groups in total. The second kappa shape index (κ2) is 17.4. The summed E-state index contributed by atoms with van der Waals surface area (Å²) in [5.41, 5.74) is 0. The zero-order chi connectivity index (χ0) is 20.3. The van der Waals surface area contributed by atoms with Crippen molar-refractivity contribution in [3.63, 3.8) is 0 Å². The van der Waals surface area contributed by atoms with Crippen LogP contribution in [0.5, 0.6) is 0 Å². The van der Waals surface area contributed by atoms with Crippen LogP contribution < -0.4 is 21.3 Å². The van der Waals surface area contributed by atoms with E-state index in [9.17, 15) is 14.4 Å². The molecule has 0 aliphatic carbocycles. The number of ether oxygens (including phenoxy) is 2. The van der Waals surface area contributed by atoms with Crippen LogP contribution in [0.25, 0.3) is 0 Å². The Morgan fingerprint density at radius 1 is 0.778 bits per heavy atom. The van der Waals surface area contributed by atoms with Gasteiger partial charge in [0.05, 0.1) is 13.2 Å². The smallest absolute Gasteiger partial charge is 0.407 e. The Bertz CT molecular complexity index is 421. The number of carbonyl (C=O) groups excluding carboxylic acids is 3. The van der Waals surface area contributed by atoms with E-state index in [0.717, 1.165) is 25.8 Å². The number of hydrogen-bond donors (Lipinski definition) is 4. The zero-order valence-electron chi connectivity index (χ0n) is 16.9. The lowest BCUT2D eigenvalue weighted by atomic mass is 10.1. The van der Waals surface area contributed by atoms with E-state index in [0.29, 0.717) is 39.0 Å². The molecule has 0 radical (unpaired) electrons. The summed E-state index contributed by atoms with van der Waals surface area (Å²) in [7, 11) is 1.91. The second-order valence-corrected chi connectivity index (χ2v) is 6.02. The molecule has 9 heteroatoms. The van der Waals surface area contributed by atoms with Crippen molar-refractivity contribution < 1.29 is 23.9 Å². The first-order valence-corrected chi connectivity index (χ1v) is 9.81. The second-order valence-electron chi connectivity index (χ2n) is 6.02. The van der Waals surface area contributed by atoms with Crippen LogP contribution in [0.3, 0.4) is 0 Å². The molecule has 0 fully saturated rings. The van der Waals surface area contributed by atoms with Gasteiger partial charge in [-0.2, -0.15) is 0 Å². The molecule has 0 aromatic rings. The SMILES string of the molecule is CCOC(=O)NCCCCC(NC(=O)OCC)C(=O)NCCCCCNC. The molecule has 1 atom stereocenters. The van der Waals surface area contributed by atoms with Gasteiger partial charge in [-0.15, -0.1) is 0 Å². The van der Waals surface area contributed by atoms with Gasteiger partial charge in [0.2, 0.25) is 5.91 Å². The van der Waals surface area contributed by atoms with Gasteiger partial charge < -0.3 is 30.7 Å². The number of nitrogens with one attached hydrogen (secondary N) is 4. The van der Waals surface area contributed by atoms with Gasteiger partial charge in [-0.3, -0.25) is 4.79 Å². The van der Waals surface area contributed by atoms with Gasteiger partial charge in [0, 0.05) is 13.1 Å². The number of rotatable bonds is 15. The van der Waals surface area contributed by atoms with E-state index < -0.39 is 18.2 Å². The third kappa shape index (κ3) is 14.8. The first kappa shape index (κ1) is 25.0. The first-order chi connectivity index (χ1) is 13.0. The van der Waals surface area contributed by atoms with Crippen molar-refractivity contribution in [3.05, 3.63) is 0 Å². The number of unbranched alkanes of at least 4 members (excludes halogenated alkanes) is 3. The minimum Gasteiger partial charge on any atom is -0.450 e.